The number of hydrogen-bond donors (Lipinski definition) is 1. The van der Waals surface area contributed by atoms with Gasteiger partial charge in [0.2, 0.25) is 5.89 Å². The van der Waals surface area contributed by atoms with Crippen LogP contribution in [0.5, 0.6) is 5.75 Å². The van der Waals surface area contributed by atoms with Crippen molar-refractivity contribution < 1.29 is 9.63 Å². The molecule has 0 amide bonds. The molecule has 1 N–H and O–H groups in total. The van der Waals surface area contributed by atoms with Crippen LogP contribution in [-0.4, -0.2) is 15.2 Å². The first kappa shape index (κ1) is 13.0. The molecule has 0 atom stereocenters. The lowest BCUT2D eigenvalue weighted by molar-refractivity contribution is 0.319. The van der Waals surface area contributed by atoms with Crippen molar-refractivity contribution in [2.24, 2.45) is 0 Å². The molecule has 0 aliphatic carbocycles. The van der Waals surface area contributed by atoms with E-state index in [-0.39, 0.29) is 11.2 Å². The van der Waals surface area contributed by atoms with Crippen molar-refractivity contribution in [3.63, 3.8) is 0 Å². The third-order valence-electron chi connectivity index (χ3n) is 2.33. The molecule has 2 rings (SSSR count). The summed E-state index contributed by atoms with van der Waals surface area (Å²) in [5.74, 6) is 2.14. The Labute approximate surface area is 110 Å². The van der Waals surface area contributed by atoms with Gasteiger partial charge in [-0.2, -0.15) is 4.98 Å². The topological polar surface area (TPSA) is 59.2 Å². The van der Waals surface area contributed by atoms with Crippen LogP contribution in [0.1, 0.15) is 32.5 Å². The van der Waals surface area contributed by atoms with Gasteiger partial charge in [-0.3, -0.25) is 0 Å². The van der Waals surface area contributed by atoms with Gasteiger partial charge < -0.3 is 9.63 Å². The minimum absolute atomic E-state index is 0.134. The summed E-state index contributed by atoms with van der Waals surface area (Å²) in [6, 6.07) is 7.22. The van der Waals surface area contributed by atoms with Crippen LogP contribution in [0, 0.1) is 0 Å². The fourth-order valence-corrected chi connectivity index (χ4v) is 2.13. The van der Waals surface area contributed by atoms with Gasteiger partial charge in [-0.05, 0) is 12.1 Å². The van der Waals surface area contributed by atoms with Gasteiger partial charge >= 0.3 is 0 Å². The molecule has 0 spiro atoms. The molecule has 1 aromatic heterocycles. The summed E-state index contributed by atoms with van der Waals surface area (Å²) in [6.45, 7) is 6.08. The first-order valence-electron chi connectivity index (χ1n) is 5.70. The Morgan fingerprint density at radius 3 is 2.61 bits per heavy atom. The fourth-order valence-electron chi connectivity index (χ4n) is 1.34. The maximum Gasteiger partial charge on any atom is 0.232 e. The maximum absolute atomic E-state index is 9.64. The molecule has 18 heavy (non-hydrogen) atoms. The SMILES string of the molecule is CC(C)(C)c1nc(CSc2ccccc2O)no1. The Morgan fingerprint density at radius 1 is 1.28 bits per heavy atom. The summed E-state index contributed by atoms with van der Waals surface area (Å²) in [7, 11) is 0. The molecule has 0 aliphatic heterocycles. The van der Waals surface area contributed by atoms with E-state index in [0.29, 0.717) is 17.5 Å². The molecule has 1 heterocycles. The molecule has 0 radical (unpaired) electrons. The normalized spacial score (nSPS) is 11.7. The average Bonchev–Trinajstić information content (AvgIpc) is 2.76. The van der Waals surface area contributed by atoms with Crippen LogP contribution < -0.4 is 0 Å². The van der Waals surface area contributed by atoms with Gasteiger partial charge in [0.25, 0.3) is 0 Å². The van der Waals surface area contributed by atoms with Crippen molar-refractivity contribution in [2.45, 2.75) is 36.8 Å². The molecule has 1 aromatic carbocycles. The van der Waals surface area contributed by atoms with Crippen LogP contribution >= 0.6 is 11.8 Å². The molecular formula is C13H16N2O2S. The van der Waals surface area contributed by atoms with Gasteiger partial charge in [-0.25, -0.2) is 0 Å². The molecule has 0 saturated heterocycles. The number of aromatic nitrogens is 2. The molecule has 0 aliphatic rings. The highest BCUT2D eigenvalue weighted by Crippen LogP contribution is 2.30. The van der Waals surface area contributed by atoms with Crippen molar-refractivity contribution in [2.75, 3.05) is 0 Å². The summed E-state index contributed by atoms with van der Waals surface area (Å²) < 4.78 is 5.21. The first-order valence-corrected chi connectivity index (χ1v) is 6.69. The Morgan fingerprint density at radius 2 is 2.00 bits per heavy atom. The number of rotatable bonds is 3. The number of hydrogen-bond acceptors (Lipinski definition) is 5. The minimum Gasteiger partial charge on any atom is -0.507 e. The van der Waals surface area contributed by atoms with E-state index >= 15 is 0 Å². The van der Waals surface area contributed by atoms with Gasteiger partial charge in [-0.15, -0.1) is 11.8 Å². The molecule has 0 unspecified atom stereocenters. The van der Waals surface area contributed by atoms with Crippen LogP contribution in [0.4, 0.5) is 0 Å². The zero-order valence-corrected chi connectivity index (χ0v) is 11.5. The van der Waals surface area contributed by atoms with E-state index in [1.807, 2.05) is 32.9 Å². The van der Waals surface area contributed by atoms with Crippen molar-refractivity contribution in [3.8, 4) is 5.75 Å². The molecule has 0 fully saturated rings. The van der Waals surface area contributed by atoms with Crippen molar-refractivity contribution >= 4 is 11.8 Å². The van der Waals surface area contributed by atoms with Crippen molar-refractivity contribution in [1.82, 2.24) is 10.1 Å². The number of aromatic hydroxyl groups is 1. The van der Waals surface area contributed by atoms with Crippen LogP contribution in [0.2, 0.25) is 0 Å². The van der Waals surface area contributed by atoms with Crippen molar-refractivity contribution in [3.05, 3.63) is 36.0 Å². The summed E-state index contributed by atoms with van der Waals surface area (Å²) in [5, 5.41) is 13.6. The third-order valence-corrected chi connectivity index (χ3v) is 3.39. The molecule has 2 aromatic rings. The fraction of sp³-hybridized carbons (Fsp3) is 0.385. The number of nitrogens with zero attached hydrogens (tertiary/aromatic N) is 2. The largest absolute Gasteiger partial charge is 0.507 e. The van der Waals surface area contributed by atoms with Gasteiger partial charge in [0.1, 0.15) is 5.75 Å². The zero-order chi connectivity index (χ0) is 13.2. The molecule has 4 nitrogen and oxygen atoms in total. The third kappa shape index (κ3) is 3.04. The van der Waals surface area contributed by atoms with Crippen LogP contribution in [0.15, 0.2) is 33.7 Å². The van der Waals surface area contributed by atoms with Gasteiger partial charge in [0.05, 0.1) is 5.75 Å². The van der Waals surface area contributed by atoms with Crippen LogP contribution in [0.25, 0.3) is 0 Å². The minimum atomic E-state index is -0.134. The lowest BCUT2D eigenvalue weighted by atomic mass is 9.97. The van der Waals surface area contributed by atoms with Crippen LogP contribution in [0.3, 0.4) is 0 Å². The number of phenols is 1. The Bertz CT molecular complexity index is 532. The lowest BCUT2D eigenvalue weighted by Gasteiger charge is -2.10. The second-order valence-corrected chi connectivity index (χ2v) is 6.04. The Kier molecular flexibility index (Phi) is 3.61. The highest BCUT2D eigenvalue weighted by Gasteiger charge is 2.21. The Balaban J connectivity index is 2.03. The van der Waals surface area contributed by atoms with Crippen LogP contribution in [-0.2, 0) is 11.2 Å². The second-order valence-electron chi connectivity index (χ2n) is 5.02. The summed E-state index contributed by atoms with van der Waals surface area (Å²) in [6.07, 6.45) is 0. The first-order chi connectivity index (χ1) is 8.47. The van der Waals surface area contributed by atoms with E-state index in [9.17, 15) is 5.11 Å². The lowest BCUT2D eigenvalue weighted by Crippen LogP contribution is -2.11. The summed E-state index contributed by atoms with van der Waals surface area (Å²) >= 11 is 1.49. The van der Waals surface area contributed by atoms with Crippen molar-refractivity contribution in [1.29, 1.82) is 0 Å². The number of para-hydroxylation sites is 1. The quantitative estimate of drug-likeness (QED) is 0.861. The van der Waals surface area contributed by atoms with E-state index in [0.717, 1.165) is 4.90 Å². The standard InChI is InChI=1S/C13H16N2O2S/c1-13(2,3)12-14-11(15-17-12)8-18-10-7-5-4-6-9(10)16/h4-7,16H,8H2,1-3H3. The predicted molar refractivity (Wildman–Crippen MR) is 70.7 cm³/mol. The summed E-state index contributed by atoms with van der Waals surface area (Å²) in [4.78, 5) is 5.17. The molecule has 0 bridgehead atoms. The second kappa shape index (κ2) is 5.02. The van der Waals surface area contributed by atoms with E-state index in [1.54, 1.807) is 12.1 Å². The maximum atomic E-state index is 9.64. The summed E-state index contributed by atoms with van der Waals surface area (Å²) in [5.41, 5.74) is -0.134. The molecular weight excluding hydrogens is 248 g/mol. The monoisotopic (exact) mass is 264 g/mol. The van der Waals surface area contributed by atoms with Gasteiger partial charge in [-0.1, -0.05) is 38.1 Å². The number of thioether (sulfide) groups is 1. The van der Waals surface area contributed by atoms with E-state index < -0.39 is 0 Å². The van der Waals surface area contributed by atoms with Gasteiger partial charge in [0, 0.05) is 10.3 Å². The molecule has 96 valence electrons. The van der Waals surface area contributed by atoms with E-state index in [2.05, 4.69) is 10.1 Å². The molecule has 0 saturated carbocycles. The average molecular weight is 264 g/mol. The predicted octanol–water partition coefficient (Wildman–Crippen LogP) is 3.37. The molecule has 5 heteroatoms. The highest BCUT2D eigenvalue weighted by molar-refractivity contribution is 7.98. The Hall–Kier alpha value is -1.49. The van der Waals surface area contributed by atoms with E-state index in [4.69, 9.17) is 4.52 Å². The van der Waals surface area contributed by atoms with E-state index in [1.165, 1.54) is 11.8 Å². The zero-order valence-electron chi connectivity index (χ0n) is 10.7. The number of phenolic OH excluding ortho intramolecular Hbond substituents is 1. The number of benzene rings is 1. The smallest absolute Gasteiger partial charge is 0.232 e. The van der Waals surface area contributed by atoms with Gasteiger partial charge in [0.15, 0.2) is 5.82 Å². The highest BCUT2D eigenvalue weighted by atomic mass is 32.2.